The van der Waals surface area contributed by atoms with Gasteiger partial charge in [-0.3, -0.25) is 14.8 Å². The lowest BCUT2D eigenvalue weighted by molar-refractivity contribution is 1.02. The quantitative estimate of drug-likeness (QED) is 0.465. The molecule has 12 heavy (non-hydrogen) atoms. The van der Waals surface area contributed by atoms with Crippen LogP contribution < -0.4 is 21.5 Å². The Hall–Kier alpha value is -1.72. The lowest BCUT2D eigenvalue weighted by Crippen LogP contribution is -2.23. The fourth-order valence-electron chi connectivity index (χ4n) is 1.10. The van der Waals surface area contributed by atoms with E-state index in [9.17, 15) is 9.59 Å². The van der Waals surface area contributed by atoms with Gasteiger partial charge in [0.2, 0.25) is 0 Å². The summed E-state index contributed by atoms with van der Waals surface area (Å²) >= 11 is 0. The molecular weight excluding hydrogens is 160 g/mol. The lowest BCUT2D eigenvalue weighted by Gasteiger charge is -2.06. The first-order valence-corrected chi connectivity index (χ1v) is 3.38. The zero-order valence-electron chi connectivity index (χ0n) is 6.34. The summed E-state index contributed by atoms with van der Waals surface area (Å²) in [5.41, 5.74) is -0.533. The van der Waals surface area contributed by atoms with Crippen molar-refractivity contribution in [3.8, 4) is 0 Å². The SMILES string of the molecule is CN1[CH]Nc2c1[nH]c(=O)[nH]c2=O. The maximum Gasteiger partial charge on any atom is 0.327 e. The molecule has 0 saturated carbocycles. The number of aromatic amines is 2. The lowest BCUT2D eigenvalue weighted by atomic mass is 10.5. The van der Waals surface area contributed by atoms with Crippen LogP contribution in [0.5, 0.6) is 0 Å². The standard InChI is InChI=1S/C6H7N4O2/c1-10-2-7-3-4(10)8-6(12)9-5(3)11/h2,7H,1H3,(H2,8,9,11,12). The van der Waals surface area contributed by atoms with Gasteiger partial charge in [-0.15, -0.1) is 0 Å². The minimum absolute atomic E-state index is 0.372. The zero-order chi connectivity index (χ0) is 8.72. The van der Waals surface area contributed by atoms with E-state index in [2.05, 4.69) is 15.3 Å². The maximum atomic E-state index is 11.1. The third kappa shape index (κ3) is 0.810. The molecule has 0 amide bonds. The molecule has 1 radical (unpaired) electrons. The summed E-state index contributed by atoms with van der Waals surface area (Å²) < 4.78 is 0. The first-order chi connectivity index (χ1) is 5.68. The highest BCUT2D eigenvalue weighted by atomic mass is 16.2. The van der Waals surface area contributed by atoms with Crippen LogP contribution in [0.3, 0.4) is 0 Å². The zero-order valence-corrected chi connectivity index (χ0v) is 6.34. The van der Waals surface area contributed by atoms with Crippen LogP contribution >= 0.6 is 0 Å². The van der Waals surface area contributed by atoms with E-state index in [0.29, 0.717) is 11.5 Å². The Morgan fingerprint density at radius 2 is 2.08 bits per heavy atom. The molecule has 0 aromatic carbocycles. The topological polar surface area (TPSA) is 81.0 Å². The normalized spacial score (nSPS) is 14.2. The van der Waals surface area contributed by atoms with Crippen molar-refractivity contribution in [2.45, 2.75) is 0 Å². The molecule has 1 aliphatic heterocycles. The molecule has 6 nitrogen and oxygen atoms in total. The van der Waals surface area contributed by atoms with Gasteiger partial charge in [-0.2, -0.15) is 0 Å². The first-order valence-electron chi connectivity index (χ1n) is 3.38. The van der Waals surface area contributed by atoms with E-state index >= 15 is 0 Å². The van der Waals surface area contributed by atoms with Gasteiger partial charge in [0.15, 0.2) is 0 Å². The summed E-state index contributed by atoms with van der Waals surface area (Å²) in [7, 11) is 1.73. The van der Waals surface area contributed by atoms with Crippen molar-refractivity contribution in [1.82, 2.24) is 9.97 Å². The molecule has 63 valence electrons. The highest BCUT2D eigenvalue weighted by molar-refractivity contribution is 5.71. The Bertz CT molecular complexity index is 418. The Kier molecular flexibility index (Phi) is 1.24. The Morgan fingerprint density at radius 3 is 2.83 bits per heavy atom. The number of nitrogens with zero attached hydrogens (tertiary/aromatic N) is 1. The van der Waals surface area contributed by atoms with Crippen LogP contribution in [0.1, 0.15) is 0 Å². The molecular formula is C6H7N4O2. The van der Waals surface area contributed by atoms with Gasteiger partial charge in [-0.25, -0.2) is 4.79 Å². The molecule has 0 bridgehead atoms. The Morgan fingerprint density at radius 1 is 1.33 bits per heavy atom. The molecule has 1 aromatic rings. The van der Waals surface area contributed by atoms with Gasteiger partial charge in [-0.1, -0.05) is 0 Å². The van der Waals surface area contributed by atoms with Crippen LogP contribution in [0.4, 0.5) is 11.5 Å². The van der Waals surface area contributed by atoms with Gasteiger partial charge in [0.05, 0.1) is 0 Å². The second-order valence-electron chi connectivity index (χ2n) is 2.52. The number of hydrogen-bond donors (Lipinski definition) is 3. The molecule has 2 rings (SSSR count). The molecule has 0 saturated heterocycles. The van der Waals surface area contributed by atoms with Crippen LogP contribution in [-0.2, 0) is 0 Å². The summed E-state index contributed by atoms with van der Waals surface area (Å²) in [6.07, 6.45) is 0. The molecule has 0 atom stereocenters. The van der Waals surface area contributed by atoms with E-state index in [1.165, 1.54) is 0 Å². The second-order valence-corrected chi connectivity index (χ2v) is 2.52. The van der Waals surface area contributed by atoms with Gasteiger partial charge < -0.3 is 10.2 Å². The van der Waals surface area contributed by atoms with Crippen molar-refractivity contribution in [3.05, 3.63) is 27.5 Å². The van der Waals surface area contributed by atoms with Crippen molar-refractivity contribution in [2.75, 3.05) is 17.3 Å². The largest absolute Gasteiger partial charge is 0.354 e. The number of hydrogen-bond acceptors (Lipinski definition) is 4. The smallest absolute Gasteiger partial charge is 0.327 e. The van der Waals surface area contributed by atoms with Gasteiger partial charge >= 0.3 is 5.69 Å². The van der Waals surface area contributed by atoms with Gasteiger partial charge in [0, 0.05) is 7.05 Å². The van der Waals surface area contributed by atoms with E-state index in [1.807, 2.05) is 0 Å². The molecule has 0 unspecified atom stereocenters. The summed E-state index contributed by atoms with van der Waals surface area (Å²) in [6.45, 7) is 1.59. The third-order valence-electron chi connectivity index (χ3n) is 1.68. The first kappa shape index (κ1) is 6.96. The minimum Gasteiger partial charge on any atom is -0.354 e. The molecule has 0 fully saturated rings. The van der Waals surface area contributed by atoms with Crippen LogP contribution in [0.2, 0.25) is 0 Å². The minimum atomic E-state index is -0.497. The third-order valence-corrected chi connectivity index (χ3v) is 1.68. The van der Waals surface area contributed by atoms with Crippen molar-refractivity contribution < 1.29 is 0 Å². The average molecular weight is 167 g/mol. The molecule has 1 aliphatic rings. The monoisotopic (exact) mass is 167 g/mol. The highest BCUT2D eigenvalue weighted by Crippen LogP contribution is 2.23. The predicted molar refractivity (Wildman–Crippen MR) is 44.0 cm³/mol. The van der Waals surface area contributed by atoms with E-state index in [0.717, 1.165) is 0 Å². The average Bonchev–Trinajstić information content (AvgIpc) is 2.33. The van der Waals surface area contributed by atoms with Crippen molar-refractivity contribution in [1.29, 1.82) is 0 Å². The number of H-pyrrole nitrogens is 2. The number of rotatable bonds is 0. The number of nitrogens with one attached hydrogen (secondary N) is 3. The van der Waals surface area contributed by atoms with Crippen LogP contribution in [-0.4, -0.2) is 17.0 Å². The van der Waals surface area contributed by atoms with Crippen LogP contribution in [0.15, 0.2) is 9.59 Å². The molecule has 6 heteroatoms. The molecule has 0 aliphatic carbocycles. The second kappa shape index (κ2) is 2.13. The van der Waals surface area contributed by atoms with E-state index in [4.69, 9.17) is 0 Å². The van der Waals surface area contributed by atoms with Crippen LogP contribution in [0.25, 0.3) is 0 Å². The van der Waals surface area contributed by atoms with Crippen LogP contribution in [0, 0.1) is 6.67 Å². The summed E-state index contributed by atoms with van der Waals surface area (Å²) in [5.74, 6) is 0.490. The van der Waals surface area contributed by atoms with Gasteiger partial charge in [0.1, 0.15) is 18.2 Å². The van der Waals surface area contributed by atoms with E-state index < -0.39 is 11.2 Å². The van der Waals surface area contributed by atoms with E-state index in [1.54, 1.807) is 18.6 Å². The van der Waals surface area contributed by atoms with Crippen molar-refractivity contribution in [3.63, 3.8) is 0 Å². The summed E-state index contributed by atoms with van der Waals surface area (Å²) in [6, 6.07) is 0. The fraction of sp³-hybridized carbons (Fsp3) is 0.167. The Labute approximate surface area is 67.2 Å². The van der Waals surface area contributed by atoms with Gasteiger partial charge in [0.25, 0.3) is 5.56 Å². The fourth-order valence-corrected chi connectivity index (χ4v) is 1.10. The molecule has 1 aromatic heterocycles. The maximum absolute atomic E-state index is 11.1. The molecule has 2 heterocycles. The number of aromatic nitrogens is 2. The molecule has 0 spiro atoms. The molecule has 3 N–H and O–H groups in total. The number of fused-ring (bicyclic) bond motifs is 1. The van der Waals surface area contributed by atoms with Crippen molar-refractivity contribution in [2.24, 2.45) is 0 Å². The highest BCUT2D eigenvalue weighted by Gasteiger charge is 2.19. The number of anilines is 2. The predicted octanol–water partition coefficient (Wildman–Crippen LogP) is -0.956. The summed E-state index contributed by atoms with van der Waals surface area (Å²) in [4.78, 5) is 28.2. The van der Waals surface area contributed by atoms with Crippen molar-refractivity contribution >= 4 is 11.5 Å². The Balaban J connectivity index is 2.77. The summed E-state index contributed by atoms with van der Waals surface area (Å²) in [5, 5.41) is 2.73. The van der Waals surface area contributed by atoms with E-state index in [-0.39, 0.29) is 0 Å². The van der Waals surface area contributed by atoms with Gasteiger partial charge in [-0.05, 0) is 0 Å².